The fourth-order valence-electron chi connectivity index (χ4n) is 6.16. The molecule has 1 aliphatic carbocycles. The van der Waals surface area contributed by atoms with Crippen LogP contribution in [0.1, 0.15) is 58.9 Å². The number of hydrogen-bond acceptors (Lipinski definition) is 5. The topological polar surface area (TPSA) is 119 Å². The lowest BCUT2D eigenvalue weighted by Crippen LogP contribution is -2.60. The molecule has 9 nitrogen and oxygen atoms in total. The molecule has 0 bridgehead atoms. The SMILES string of the molecule is CC(C)C(NC(=O)[C@@H]1CCC2(C1)C(=O)NC(=O)N2C)C(=O)N1CCC(O)(c2ccc(Cl)cc2)C(C)(C)C1. The molecule has 2 aliphatic heterocycles. The van der Waals surface area contributed by atoms with Crippen LogP contribution in [0, 0.1) is 17.3 Å². The summed E-state index contributed by atoms with van der Waals surface area (Å²) in [6, 6.07) is 5.96. The maximum atomic E-state index is 13.7. The zero-order valence-electron chi connectivity index (χ0n) is 22.1. The Kier molecular flexibility index (Phi) is 7.09. The lowest BCUT2D eigenvalue weighted by atomic mass is 9.66. The molecule has 3 N–H and O–H groups in total. The van der Waals surface area contributed by atoms with E-state index >= 15 is 0 Å². The van der Waals surface area contributed by atoms with Crippen LogP contribution in [-0.2, 0) is 20.0 Å². The van der Waals surface area contributed by atoms with Crippen LogP contribution < -0.4 is 10.6 Å². The van der Waals surface area contributed by atoms with Crippen molar-refractivity contribution in [3.8, 4) is 0 Å². The first kappa shape index (κ1) is 27.4. The number of benzene rings is 1. The molecule has 1 saturated carbocycles. The number of piperidine rings is 1. The monoisotopic (exact) mass is 532 g/mol. The van der Waals surface area contributed by atoms with Crippen LogP contribution in [0.25, 0.3) is 0 Å². The summed E-state index contributed by atoms with van der Waals surface area (Å²) in [4.78, 5) is 54.5. The number of imide groups is 1. The van der Waals surface area contributed by atoms with Crippen molar-refractivity contribution in [3.05, 3.63) is 34.9 Å². The molecule has 4 atom stereocenters. The van der Waals surface area contributed by atoms with Crippen molar-refractivity contribution in [3.63, 3.8) is 0 Å². The molecule has 10 heteroatoms. The Morgan fingerprint density at radius 2 is 1.81 bits per heavy atom. The number of hydrogen-bond donors (Lipinski definition) is 3. The summed E-state index contributed by atoms with van der Waals surface area (Å²) >= 11 is 6.03. The van der Waals surface area contributed by atoms with Crippen LogP contribution >= 0.6 is 11.6 Å². The highest BCUT2D eigenvalue weighted by Crippen LogP contribution is 2.46. The number of carbonyl (C=O) groups is 4. The summed E-state index contributed by atoms with van der Waals surface area (Å²) in [5.74, 6) is -1.46. The Morgan fingerprint density at radius 3 is 2.35 bits per heavy atom. The van der Waals surface area contributed by atoms with Crippen molar-refractivity contribution in [1.29, 1.82) is 0 Å². The minimum absolute atomic E-state index is 0.161. The third-order valence-electron chi connectivity index (χ3n) is 8.76. The Balaban J connectivity index is 1.45. The van der Waals surface area contributed by atoms with Gasteiger partial charge in [-0.15, -0.1) is 0 Å². The maximum absolute atomic E-state index is 13.7. The van der Waals surface area contributed by atoms with E-state index in [-0.39, 0.29) is 30.1 Å². The first-order valence-electron chi connectivity index (χ1n) is 12.9. The second-order valence-corrected chi connectivity index (χ2v) is 12.2. The van der Waals surface area contributed by atoms with Gasteiger partial charge in [-0.25, -0.2) is 4.79 Å². The van der Waals surface area contributed by atoms with E-state index in [1.54, 1.807) is 24.1 Å². The van der Waals surface area contributed by atoms with Gasteiger partial charge in [-0.3, -0.25) is 19.7 Å². The number of halogens is 1. The van der Waals surface area contributed by atoms with Gasteiger partial charge >= 0.3 is 6.03 Å². The number of likely N-dealkylation sites (tertiary alicyclic amines) is 1. The molecule has 202 valence electrons. The highest BCUT2D eigenvalue weighted by molar-refractivity contribution is 6.30. The standard InChI is InChI=1S/C27H37ClN4O5/c1-16(2)20(29-21(33)17-10-11-26(14-17)23(35)30-24(36)31(26)5)22(34)32-13-12-27(37,25(3,4)15-32)18-6-8-19(28)9-7-18/h6-9,16-17,20,37H,10-15H2,1-5H3,(H,29,33)(H,30,35,36)/t17-,20?,26?,27?/m1/s1. The van der Waals surface area contributed by atoms with E-state index in [4.69, 9.17) is 11.6 Å². The van der Waals surface area contributed by atoms with Gasteiger partial charge in [-0.1, -0.05) is 51.4 Å². The number of urea groups is 1. The predicted octanol–water partition coefficient (Wildman–Crippen LogP) is 2.65. The molecule has 2 saturated heterocycles. The average molecular weight is 533 g/mol. The molecule has 1 aromatic carbocycles. The van der Waals surface area contributed by atoms with E-state index in [2.05, 4.69) is 10.6 Å². The van der Waals surface area contributed by atoms with Crippen molar-refractivity contribution in [2.75, 3.05) is 20.1 Å². The van der Waals surface area contributed by atoms with Crippen LogP contribution in [0.15, 0.2) is 24.3 Å². The van der Waals surface area contributed by atoms with Crippen molar-refractivity contribution >= 4 is 35.4 Å². The van der Waals surface area contributed by atoms with Crippen LogP contribution in [0.4, 0.5) is 4.79 Å². The van der Waals surface area contributed by atoms with Crippen LogP contribution in [0.2, 0.25) is 5.02 Å². The molecule has 0 radical (unpaired) electrons. The highest BCUT2D eigenvalue weighted by Gasteiger charge is 2.56. The second-order valence-electron chi connectivity index (χ2n) is 11.8. The number of amides is 5. The first-order chi connectivity index (χ1) is 17.2. The molecule has 0 aromatic heterocycles. The second kappa shape index (κ2) is 9.58. The van der Waals surface area contributed by atoms with Crippen molar-refractivity contribution in [2.45, 2.75) is 70.6 Å². The van der Waals surface area contributed by atoms with Gasteiger partial charge < -0.3 is 20.2 Å². The maximum Gasteiger partial charge on any atom is 0.324 e. The first-order valence-corrected chi connectivity index (χ1v) is 13.3. The Hall–Kier alpha value is -2.65. The normalized spacial score (nSPS) is 30.1. The highest BCUT2D eigenvalue weighted by atomic mass is 35.5. The number of nitrogens with one attached hydrogen (secondary N) is 2. The third-order valence-corrected chi connectivity index (χ3v) is 9.02. The lowest BCUT2D eigenvalue weighted by Gasteiger charge is -2.51. The molecular weight excluding hydrogens is 496 g/mol. The van der Waals surface area contributed by atoms with Gasteiger partial charge in [0.05, 0.1) is 5.60 Å². The zero-order chi connectivity index (χ0) is 27.3. The predicted molar refractivity (Wildman–Crippen MR) is 138 cm³/mol. The molecule has 1 spiro atoms. The smallest absolute Gasteiger partial charge is 0.324 e. The molecular formula is C27H37ClN4O5. The largest absolute Gasteiger partial charge is 0.384 e. The summed E-state index contributed by atoms with van der Waals surface area (Å²) < 4.78 is 0. The summed E-state index contributed by atoms with van der Waals surface area (Å²) in [6.45, 7) is 8.31. The molecule has 37 heavy (non-hydrogen) atoms. The van der Waals surface area contributed by atoms with E-state index < -0.39 is 34.5 Å². The minimum Gasteiger partial charge on any atom is -0.384 e. The van der Waals surface area contributed by atoms with E-state index in [1.807, 2.05) is 39.8 Å². The van der Waals surface area contributed by atoms with Crippen molar-refractivity contribution in [2.24, 2.45) is 17.3 Å². The van der Waals surface area contributed by atoms with Gasteiger partial charge in [-0.05, 0) is 49.3 Å². The van der Waals surface area contributed by atoms with Crippen LogP contribution in [-0.4, -0.2) is 70.4 Å². The molecule has 4 rings (SSSR count). The average Bonchev–Trinajstić information content (AvgIpc) is 3.37. The fraction of sp³-hybridized carbons (Fsp3) is 0.630. The third kappa shape index (κ3) is 4.61. The summed E-state index contributed by atoms with van der Waals surface area (Å²) in [5, 5.41) is 17.5. The van der Waals surface area contributed by atoms with Crippen LogP contribution in [0.5, 0.6) is 0 Å². The van der Waals surface area contributed by atoms with E-state index in [0.717, 1.165) is 5.56 Å². The quantitative estimate of drug-likeness (QED) is 0.504. The molecule has 3 fully saturated rings. The molecule has 1 aromatic rings. The van der Waals surface area contributed by atoms with Gasteiger partial charge in [0.2, 0.25) is 11.8 Å². The minimum atomic E-state index is -1.13. The van der Waals surface area contributed by atoms with E-state index in [9.17, 15) is 24.3 Å². The van der Waals surface area contributed by atoms with Gasteiger partial charge in [0, 0.05) is 36.5 Å². The lowest BCUT2D eigenvalue weighted by molar-refractivity contribution is -0.157. The van der Waals surface area contributed by atoms with Gasteiger partial charge in [-0.2, -0.15) is 0 Å². The fourth-order valence-corrected chi connectivity index (χ4v) is 6.28. The Labute approximate surface area is 222 Å². The van der Waals surface area contributed by atoms with Crippen LogP contribution in [0.3, 0.4) is 0 Å². The summed E-state index contributed by atoms with van der Waals surface area (Å²) in [7, 11) is 1.57. The number of rotatable bonds is 5. The Bertz CT molecular complexity index is 1110. The van der Waals surface area contributed by atoms with Crippen molar-refractivity contribution < 1.29 is 24.3 Å². The van der Waals surface area contributed by atoms with Gasteiger partial charge in [0.15, 0.2) is 0 Å². The zero-order valence-corrected chi connectivity index (χ0v) is 22.9. The summed E-state index contributed by atoms with van der Waals surface area (Å²) in [6.07, 6.45) is 1.45. The number of likely N-dealkylation sites (N-methyl/N-ethyl adjacent to an activating group) is 1. The number of nitrogens with zero attached hydrogens (tertiary/aromatic N) is 2. The number of aliphatic hydroxyl groups is 1. The molecule has 5 amide bonds. The van der Waals surface area contributed by atoms with E-state index in [1.165, 1.54) is 4.90 Å². The Morgan fingerprint density at radius 1 is 1.16 bits per heavy atom. The molecule has 3 unspecified atom stereocenters. The van der Waals surface area contributed by atoms with E-state index in [0.29, 0.717) is 37.4 Å². The molecule has 3 aliphatic rings. The summed E-state index contributed by atoms with van der Waals surface area (Å²) in [5.41, 5.74) is -2.02. The van der Waals surface area contributed by atoms with Gasteiger partial charge in [0.1, 0.15) is 11.6 Å². The molecule has 2 heterocycles. The van der Waals surface area contributed by atoms with Gasteiger partial charge in [0.25, 0.3) is 5.91 Å². The number of carbonyl (C=O) groups excluding carboxylic acids is 4. The van der Waals surface area contributed by atoms with Crippen molar-refractivity contribution in [1.82, 2.24) is 20.4 Å².